The van der Waals surface area contributed by atoms with Gasteiger partial charge in [0.15, 0.2) is 11.5 Å². The van der Waals surface area contributed by atoms with Crippen LogP contribution in [-0.4, -0.2) is 53.7 Å². The molecule has 0 aliphatic carbocycles. The van der Waals surface area contributed by atoms with Gasteiger partial charge in [0.25, 0.3) is 5.91 Å². The molecule has 0 spiro atoms. The predicted molar refractivity (Wildman–Crippen MR) is 124 cm³/mol. The molecule has 0 aliphatic heterocycles. The lowest BCUT2D eigenvalue weighted by Gasteiger charge is -2.15. The molecule has 0 radical (unpaired) electrons. The lowest BCUT2D eigenvalue weighted by molar-refractivity contribution is -0.117. The highest BCUT2D eigenvalue weighted by Gasteiger charge is 2.24. The number of carbonyl (C=O) groups excluding carboxylic acids is 2. The number of H-pyrrole nitrogens is 1. The molecule has 3 N–H and O–H groups in total. The standard InChI is InChI=1S/C23H25N5O5/c1-12(21(29)27-23-25-14-8-6-7-9-15(14)26-23)24-22(30)16-10-13-11-17(31-3)19(32-4)20(33-5)18(13)28(16)2/h6-12H,1-5H3,(H,24,30)(H2,25,26,27,29)/t12-/m0/s1. The Labute approximate surface area is 189 Å². The molecule has 2 aromatic carbocycles. The predicted octanol–water partition coefficient (Wildman–Crippen LogP) is 2.84. The molecule has 1 atom stereocenters. The van der Waals surface area contributed by atoms with Crippen molar-refractivity contribution in [2.75, 3.05) is 26.6 Å². The number of imidazole rings is 1. The average molecular weight is 451 g/mol. The van der Waals surface area contributed by atoms with E-state index < -0.39 is 17.9 Å². The van der Waals surface area contributed by atoms with Crippen molar-refractivity contribution in [1.82, 2.24) is 19.9 Å². The second-order valence-electron chi connectivity index (χ2n) is 7.46. The summed E-state index contributed by atoms with van der Waals surface area (Å²) in [6.45, 7) is 1.60. The van der Waals surface area contributed by atoms with Gasteiger partial charge in [0.1, 0.15) is 11.7 Å². The van der Waals surface area contributed by atoms with Crippen molar-refractivity contribution in [3.8, 4) is 17.2 Å². The van der Waals surface area contributed by atoms with Gasteiger partial charge in [0.2, 0.25) is 17.6 Å². The maximum Gasteiger partial charge on any atom is 0.268 e. The Bertz CT molecular complexity index is 1320. The molecule has 2 heterocycles. The molecule has 0 unspecified atom stereocenters. The zero-order valence-electron chi connectivity index (χ0n) is 19.0. The molecule has 0 saturated heterocycles. The highest BCUT2D eigenvalue weighted by molar-refractivity contribution is 6.04. The second kappa shape index (κ2) is 8.73. The number of nitrogens with one attached hydrogen (secondary N) is 3. The van der Waals surface area contributed by atoms with E-state index in [4.69, 9.17) is 14.2 Å². The Morgan fingerprint density at radius 3 is 2.45 bits per heavy atom. The van der Waals surface area contributed by atoms with Crippen LogP contribution in [0.25, 0.3) is 21.9 Å². The summed E-state index contributed by atoms with van der Waals surface area (Å²) in [5.74, 6) is 0.861. The van der Waals surface area contributed by atoms with Gasteiger partial charge in [-0.15, -0.1) is 0 Å². The zero-order chi connectivity index (χ0) is 23.7. The number of aryl methyl sites for hydroxylation is 1. The van der Waals surface area contributed by atoms with Crippen LogP contribution in [0.2, 0.25) is 0 Å². The van der Waals surface area contributed by atoms with E-state index in [9.17, 15) is 9.59 Å². The van der Waals surface area contributed by atoms with Crippen molar-refractivity contribution < 1.29 is 23.8 Å². The first kappa shape index (κ1) is 22.0. The number of hydrogen-bond donors (Lipinski definition) is 3. The Hall–Kier alpha value is -4.21. The van der Waals surface area contributed by atoms with Crippen molar-refractivity contribution in [3.63, 3.8) is 0 Å². The Kier molecular flexibility index (Phi) is 5.82. The van der Waals surface area contributed by atoms with Crippen LogP contribution in [0.5, 0.6) is 17.2 Å². The zero-order valence-corrected chi connectivity index (χ0v) is 19.0. The largest absolute Gasteiger partial charge is 0.493 e. The smallest absolute Gasteiger partial charge is 0.268 e. The molecule has 2 amide bonds. The quantitative estimate of drug-likeness (QED) is 0.398. The molecule has 4 aromatic rings. The number of hydrogen-bond acceptors (Lipinski definition) is 6. The van der Waals surface area contributed by atoms with Crippen molar-refractivity contribution >= 4 is 39.7 Å². The number of fused-ring (bicyclic) bond motifs is 2. The van der Waals surface area contributed by atoms with E-state index in [-0.39, 0.29) is 0 Å². The number of methoxy groups -OCH3 is 3. The van der Waals surface area contributed by atoms with Gasteiger partial charge >= 0.3 is 0 Å². The Morgan fingerprint density at radius 1 is 1.06 bits per heavy atom. The minimum absolute atomic E-state index is 0.316. The molecule has 4 rings (SSSR count). The topological polar surface area (TPSA) is 120 Å². The van der Waals surface area contributed by atoms with Crippen LogP contribution in [0.3, 0.4) is 0 Å². The number of amides is 2. The van der Waals surface area contributed by atoms with E-state index in [0.29, 0.717) is 34.4 Å². The minimum Gasteiger partial charge on any atom is -0.493 e. The minimum atomic E-state index is -0.810. The highest BCUT2D eigenvalue weighted by Crippen LogP contribution is 2.44. The van der Waals surface area contributed by atoms with Crippen LogP contribution < -0.4 is 24.8 Å². The van der Waals surface area contributed by atoms with E-state index in [1.165, 1.54) is 21.3 Å². The first-order valence-electron chi connectivity index (χ1n) is 10.2. The third-order valence-corrected chi connectivity index (χ3v) is 5.43. The molecule has 2 aromatic heterocycles. The lowest BCUT2D eigenvalue weighted by Crippen LogP contribution is -2.42. The summed E-state index contributed by atoms with van der Waals surface area (Å²) < 4.78 is 18.1. The number of ether oxygens (including phenoxy) is 3. The molecule has 33 heavy (non-hydrogen) atoms. The van der Waals surface area contributed by atoms with Crippen LogP contribution in [-0.2, 0) is 11.8 Å². The van der Waals surface area contributed by atoms with E-state index in [1.54, 1.807) is 30.7 Å². The molecule has 10 heteroatoms. The van der Waals surface area contributed by atoms with Crippen LogP contribution in [0.1, 0.15) is 17.4 Å². The van der Waals surface area contributed by atoms with Crippen LogP contribution in [0, 0.1) is 0 Å². The van der Waals surface area contributed by atoms with E-state index in [0.717, 1.165) is 16.4 Å². The molecule has 0 aliphatic rings. The van der Waals surface area contributed by atoms with Gasteiger partial charge in [0.05, 0.1) is 37.9 Å². The van der Waals surface area contributed by atoms with Crippen molar-refractivity contribution in [2.45, 2.75) is 13.0 Å². The summed E-state index contributed by atoms with van der Waals surface area (Å²) in [6.07, 6.45) is 0. The summed E-state index contributed by atoms with van der Waals surface area (Å²) in [6, 6.07) is 10.1. The van der Waals surface area contributed by atoms with E-state index in [2.05, 4.69) is 20.6 Å². The molecule has 172 valence electrons. The molecular weight excluding hydrogens is 426 g/mol. The molecular formula is C23H25N5O5. The van der Waals surface area contributed by atoms with Crippen molar-refractivity contribution in [1.29, 1.82) is 0 Å². The van der Waals surface area contributed by atoms with E-state index in [1.807, 2.05) is 24.3 Å². The number of aromatic amines is 1. The fraction of sp³-hybridized carbons (Fsp3) is 0.261. The number of anilines is 1. The molecule has 10 nitrogen and oxygen atoms in total. The monoisotopic (exact) mass is 451 g/mol. The van der Waals surface area contributed by atoms with Crippen LogP contribution in [0.4, 0.5) is 5.95 Å². The number of rotatable bonds is 7. The fourth-order valence-corrected chi connectivity index (χ4v) is 3.77. The fourth-order valence-electron chi connectivity index (χ4n) is 3.77. The number of benzene rings is 2. The summed E-state index contributed by atoms with van der Waals surface area (Å²) in [5, 5.41) is 6.16. The van der Waals surface area contributed by atoms with Crippen LogP contribution in [0.15, 0.2) is 36.4 Å². The van der Waals surface area contributed by atoms with Gasteiger partial charge in [-0.2, -0.15) is 0 Å². The van der Waals surface area contributed by atoms with Gasteiger partial charge in [-0.05, 0) is 31.2 Å². The number of nitrogens with zero attached hydrogens (tertiary/aromatic N) is 2. The van der Waals surface area contributed by atoms with Gasteiger partial charge in [-0.25, -0.2) is 4.98 Å². The highest BCUT2D eigenvalue weighted by atomic mass is 16.5. The number of carbonyl (C=O) groups is 2. The first-order chi connectivity index (χ1) is 15.9. The van der Waals surface area contributed by atoms with Crippen molar-refractivity contribution in [2.24, 2.45) is 7.05 Å². The molecule has 0 saturated carbocycles. The summed E-state index contributed by atoms with van der Waals surface area (Å²) in [5.41, 5.74) is 2.56. The molecule has 0 bridgehead atoms. The van der Waals surface area contributed by atoms with Gasteiger partial charge in [0, 0.05) is 12.4 Å². The summed E-state index contributed by atoms with van der Waals surface area (Å²) in [7, 11) is 6.31. The third kappa shape index (κ3) is 3.91. The average Bonchev–Trinajstić information content (AvgIpc) is 3.37. The lowest BCUT2D eigenvalue weighted by atomic mass is 10.2. The normalized spacial score (nSPS) is 11.9. The third-order valence-electron chi connectivity index (χ3n) is 5.43. The Morgan fingerprint density at radius 2 is 1.79 bits per heavy atom. The number of aromatic nitrogens is 3. The van der Waals surface area contributed by atoms with Gasteiger partial charge in [-0.1, -0.05) is 12.1 Å². The maximum atomic E-state index is 13.0. The summed E-state index contributed by atoms with van der Waals surface area (Å²) in [4.78, 5) is 33.0. The Balaban J connectivity index is 1.56. The second-order valence-corrected chi connectivity index (χ2v) is 7.46. The van der Waals surface area contributed by atoms with Crippen LogP contribution >= 0.6 is 0 Å². The first-order valence-corrected chi connectivity index (χ1v) is 10.2. The maximum absolute atomic E-state index is 13.0. The SMILES string of the molecule is COc1cc2cc(C(=O)N[C@@H](C)C(=O)Nc3nc4ccccc4[nH]3)n(C)c2c(OC)c1OC. The summed E-state index contributed by atoms with van der Waals surface area (Å²) >= 11 is 0. The number of para-hydroxylation sites is 2. The molecule has 0 fully saturated rings. The van der Waals surface area contributed by atoms with Gasteiger partial charge < -0.3 is 29.1 Å². The van der Waals surface area contributed by atoms with E-state index >= 15 is 0 Å². The van der Waals surface area contributed by atoms with Gasteiger partial charge in [-0.3, -0.25) is 14.9 Å². The van der Waals surface area contributed by atoms with Crippen molar-refractivity contribution in [3.05, 3.63) is 42.1 Å².